The summed E-state index contributed by atoms with van der Waals surface area (Å²) >= 11 is 6.03. The molecule has 1 atom stereocenters. The number of carbonyl (C=O) groups is 1. The van der Waals surface area contributed by atoms with Gasteiger partial charge in [0.15, 0.2) is 11.5 Å². The van der Waals surface area contributed by atoms with Gasteiger partial charge in [0.1, 0.15) is 6.17 Å². The van der Waals surface area contributed by atoms with Crippen molar-refractivity contribution in [3.8, 4) is 11.5 Å². The van der Waals surface area contributed by atoms with Gasteiger partial charge in [-0.3, -0.25) is 9.69 Å². The summed E-state index contributed by atoms with van der Waals surface area (Å²) < 4.78 is 10.7. The Bertz CT molecular complexity index is 1020. The summed E-state index contributed by atoms with van der Waals surface area (Å²) in [5.74, 6) is 1.20. The Hall–Kier alpha value is -3.18. The molecule has 0 aromatic heterocycles. The molecule has 1 aliphatic rings. The minimum Gasteiger partial charge on any atom is -0.493 e. The largest absolute Gasteiger partial charge is 0.493 e. The Labute approximate surface area is 168 Å². The molecule has 0 bridgehead atoms. The van der Waals surface area contributed by atoms with E-state index in [0.717, 1.165) is 16.9 Å². The number of halogens is 1. The molecule has 1 amide bonds. The first-order valence-electron chi connectivity index (χ1n) is 8.79. The van der Waals surface area contributed by atoms with Crippen molar-refractivity contribution in [2.24, 2.45) is 0 Å². The number of anilines is 2. The smallest absolute Gasteiger partial charge is 0.260 e. The summed E-state index contributed by atoms with van der Waals surface area (Å²) in [5.41, 5.74) is 3.17. The summed E-state index contributed by atoms with van der Waals surface area (Å²) in [5, 5.41) is 4.08. The van der Waals surface area contributed by atoms with Crippen molar-refractivity contribution in [3.63, 3.8) is 0 Å². The fourth-order valence-corrected chi connectivity index (χ4v) is 3.54. The second kappa shape index (κ2) is 7.44. The molecule has 0 saturated carbocycles. The van der Waals surface area contributed by atoms with E-state index < -0.39 is 0 Å². The molecule has 0 spiro atoms. The van der Waals surface area contributed by atoms with Gasteiger partial charge in [-0.25, -0.2) is 0 Å². The first-order valence-corrected chi connectivity index (χ1v) is 9.17. The fourth-order valence-electron chi connectivity index (χ4n) is 3.41. The molecular weight excluding hydrogens is 376 g/mol. The maximum atomic E-state index is 13.1. The molecule has 1 unspecified atom stereocenters. The lowest BCUT2D eigenvalue weighted by Crippen LogP contribution is -2.32. The SMILES string of the molecule is COc1ccc(NC2c3ccccc3C(=O)N2c2ccc(Cl)cc2)cc1OC. The van der Waals surface area contributed by atoms with Crippen LogP contribution in [0.15, 0.2) is 66.7 Å². The van der Waals surface area contributed by atoms with E-state index in [-0.39, 0.29) is 12.1 Å². The van der Waals surface area contributed by atoms with Gasteiger partial charge in [-0.05, 0) is 42.5 Å². The van der Waals surface area contributed by atoms with Gasteiger partial charge in [-0.1, -0.05) is 29.8 Å². The molecule has 4 rings (SSSR count). The highest BCUT2D eigenvalue weighted by atomic mass is 35.5. The van der Waals surface area contributed by atoms with E-state index in [9.17, 15) is 4.79 Å². The molecule has 1 aliphatic heterocycles. The maximum absolute atomic E-state index is 13.1. The van der Waals surface area contributed by atoms with Crippen LogP contribution in [0, 0.1) is 0 Å². The van der Waals surface area contributed by atoms with Crippen molar-refractivity contribution in [2.45, 2.75) is 6.17 Å². The number of hydrogen-bond donors (Lipinski definition) is 1. The summed E-state index contributed by atoms with van der Waals surface area (Å²) in [4.78, 5) is 14.8. The quantitative estimate of drug-likeness (QED) is 0.651. The van der Waals surface area contributed by atoms with Crippen LogP contribution in [0.2, 0.25) is 5.02 Å². The number of nitrogens with one attached hydrogen (secondary N) is 1. The average molecular weight is 395 g/mol. The van der Waals surface area contributed by atoms with Gasteiger partial charge in [0, 0.05) is 33.6 Å². The number of nitrogens with zero attached hydrogens (tertiary/aromatic N) is 1. The topological polar surface area (TPSA) is 50.8 Å². The van der Waals surface area contributed by atoms with Crippen LogP contribution in [0.3, 0.4) is 0 Å². The van der Waals surface area contributed by atoms with E-state index in [4.69, 9.17) is 21.1 Å². The van der Waals surface area contributed by atoms with Crippen molar-refractivity contribution in [2.75, 3.05) is 24.4 Å². The number of carbonyl (C=O) groups excluding carboxylic acids is 1. The van der Waals surface area contributed by atoms with Gasteiger partial charge in [-0.15, -0.1) is 0 Å². The Morgan fingerprint density at radius 1 is 0.929 bits per heavy atom. The monoisotopic (exact) mass is 394 g/mol. The zero-order valence-corrected chi connectivity index (χ0v) is 16.2. The van der Waals surface area contributed by atoms with Crippen molar-refractivity contribution in [1.82, 2.24) is 0 Å². The Balaban J connectivity index is 1.75. The summed E-state index contributed by atoms with van der Waals surface area (Å²) in [7, 11) is 3.19. The molecule has 0 aliphatic carbocycles. The molecule has 142 valence electrons. The van der Waals surface area contributed by atoms with Crippen LogP contribution < -0.4 is 19.7 Å². The first-order chi connectivity index (χ1) is 13.6. The van der Waals surface area contributed by atoms with Crippen LogP contribution >= 0.6 is 11.6 Å². The van der Waals surface area contributed by atoms with Gasteiger partial charge >= 0.3 is 0 Å². The molecule has 3 aromatic rings. The average Bonchev–Trinajstić information content (AvgIpc) is 3.00. The zero-order valence-electron chi connectivity index (χ0n) is 15.5. The Morgan fingerprint density at radius 2 is 1.64 bits per heavy atom. The fraction of sp³-hybridized carbons (Fsp3) is 0.136. The predicted octanol–water partition coefficient (Wildman–Crippen LogP) is 5.13. The van der Waals surface area contributed by atoms with Crippen molar-refractivity contribution < 1.29 is 14.3 Å². The second-order valence-electron chi connectivity index (χ2n) is 6.36. The molecular formula is C22H19ClN2O3. The number of hydrogen-bond acceptors (Lipinski definition) is 4. The lowest BCUT2D eigenvalue weighted by atomic mass is 10.1. The predicted molar refractivity (Wildman–Crippen MR) is 111 cm³/mol. The third-order valence-electron chi connectivity index (χ3n) is 4.75. The van der Waals surface area contributed by atoms with E-state index in [2.05, 4.69) is 5.32 Å². The van der Waals surface area contributed by atoms with Crippen molar-refractivity contribution in [1.29, 1.82) is 0 Å². The minimum atomic E-state index is -0.358. The number of rotatable bonds is 5. The van der Waals surface area contributed by atoms with Gasteiger partial charge in [-0.2, -0.15) is 0 Å². The Morgan fingerprint density at radius 3 is 2.36 bits per heavy atom. The van der Waals surface area contributed by atoms with Gasteiger partial charge in [0.2, 0.25) is 0 Å². The number of methoxy groups -OCH3 is 2. The van der Waals surface area contributed by atoms with Crippen LogP contribution in [0.25, 0.3) is 0 Å². The third-order valence-corrected chi connectivity index (χ3v) is 5.01. The number of ether oxygens (including phenoxy) is 2. The highest BCUT2D eigenvalue weighted by Crippen LogP contribution is 2.39. The minimum absolute atomic E-state index is 0.0594. The number of benzene rings is 3. The third kappa shape index (κ3) is 3.14. The summed E-state index contributed by atoms with van der Waals surface area (Å²) in [6.45, 7) is 0. The highest BCUT2D eigenvalue weighted by molar-refractivity contribution is 6.30. The number of fused-ring (bicyclic) bond motifs is 1. The summed E-state index contributed by atoms with van der Waals surface area (Å²) in [6, 6.07) is 20.4. The van der Waals surface area contributed by atoms with E-state index in [1.807, 2.05) is 54.6 Å². The van der Waals surface area contributed by atoms with E-state index >= 15 is 0 Å². The zero-order chi connectivity index (χ0) is 19.7. The molecule has 28 heavy (non-hydrogen) atoms. The van der Waals surface area contributed by atoms with Crippen LogP contribution in [-0.4, -0.2) is 20.1 Å². The van der Waals surface area contributed by atoms with Crippen molar-refractivity contribution in [3.05, 3.63) is 82.9 Å². The van der Waals surface area contributed by atoms with E-state index in [1.54, 1.807) is 31.3 Å². The van der Waals surface area contributed by atoms with Gasteiger partial charge < -0.3 is 14.8 Å². The molecule has 1 heterocycles. The molecule has 0 saturated heterocycles. The Kier molecular flexibility index (Phi) is 4.84. The van der Waals surface area contributed by atoms with Crippen molar-refractivity contribution >= 4 is 28.9 Å². The summed E-state index contributed by atoms with van der Waals surface area (Å²) in [6.07, 6.45) is -0.358. The lowest BCUT2D eigenvalue weighted by Gasteiger charge is -2.27. The molecule has 6 heteroatoms. The molecule has 3 aromatic carbocycles. The van der Waals surface area contributed by atoms with Gasteiger partial charge in [0.25, 0.3) is 5.91 Å². The lowest BCUT2D eigenvalue weighted by molar-refractivity contribution is 0.0993. The van der Waals surface area contributed by atoms with Crippen LogP contribution in [-0.2, 0) is 0 Å². The standard InChI is InChI=1S/C22H19ClN2O3/c1-27-19-12-9-15(13-20(19)28-2)24-21-17-5-3-4-6-18(17)22(26)25(21)16-10-7-14(23)8-11-16/h3-13,21,24H,1-2H3. The first kappa shape index (κ1) is 18.2. The van der Waals surface area contributed by atoms with E-state index in [0.29, 0.717) is 22.1 Å². The molecule has 5 nitrogen and oxygen atoms in total. The van der Waals surface area contributed by atoms with Gasteiger partial charge in [0.05, 0.1) is 14.2 Å². The van der Waals surface area contributed by atoms with E-state index in [1.165, 1.54) is 0 Å². The highest BCUT2D eigenvalue weighted by Gasteiger charge is 2.37. The molecule has 0 radical (unpaired) electrons. The molecule has 0 fully saturated rings. The maximum Gasteiger partial charge on any atom is 0.260 e. The number of amides is 1. The second-order valence-corrected chi connectivity index (χ2v) is 6.79. The van der Waals surface area contributed by atoms with Crippen LogP contribution in [0.4, 0.5) is 11.4 Å². The van der Waals surface area contributed by atoms with Crippen LogP contribution in [0.5, 0.6) is 11.5 Å². The molecule has 1 N–H and O–H groups in total. The normalized spacial score (nSPS) is 15.3. The van der Waals surface area contributed by atoms with Crippen LogP contribution in [0.1, 0.15) is 22.1 Å².